The van der Waals surface area contributed by atoms with Crippen molar-refractivity contribution in [3.05, 3.63) is 29.8 Å². The van der Waals surface area contributed by atoms with Gasteiger partial charge in [0.05, 0.1) is 5.71 Å². The van der Waals surface area contributed by atoms with Crippen molar-refractivity contribution < 1.29 is 10.0 Å². The van der Waals surface area contributed by atoms with Gasteiger partial charge in [-0.05, 0) is 50.0 Å². The number of hydrogen-bond donors (Lipinski definition) is 2. The molecule has 0 aliphatic heterocycles. The van der Waals surface area contributed by atoms with E-state index in [0.717, 1.165) is 23.1 Å². The number of carbonyl (C=O) groups excluding carboxylic acids is 1. The predicted molar refractivity (Wildman–Crippen MR) is 82.6 cm³/mol. The SMILES string of the molecule is C/C(=N\O)c1ccccc1NC(=O)CC1CC2CCC1C2. The highest BCUT2D eigenvalue weighted by atomic mass is 16.4. The fourth-order valence-electron chi connectivity index (χ4n) is 4.03. The van der Waals surface area contributed by atoms with Crippen molar-refractivity contribution in [3.8, 4) is 0 Å². The van der Waals surface area contributed by atoms with Gasteiger partial charge >= 0.3 is 0 Å². The zero-order valence-electron chi connectivity index (χ0n) is 12.4. The normalized spacial score (nSPS) is 27.9. The molecule has 1 amide bonds. The van der Waals surface area contributed by atoms with Crippen LogP contribution in [0.5, 0.6) is 0 Å². The van der Waals surface area contributed by atoms with Crippen LogP contribution in [-0.4, -0.2) is 16.8 Å². The molecule has 2 N–H and O–H groups in total. The lowest BCUT2D eigenvalue weighted by Gasteiger charge is -2.21. The van der Waals surface area contributed by atoms with Crippen LogP contribution in [0.3, 0.4) is 0 Å². The topological polar surface area (TPSA) is 61.7 Å². The van der Waals surface area contributed by atoms with Crippen LogP contribution in [0.1, 0.15) is 44.6 Å². The van der Waals surface area contributed by atoms with E-state index in [9.17, 15) is 4.79 Å². The highest BCUT2D eigenvalue weighted by molar-refractivity contribution is 6.06. The van der Waals surface area contributed by atoms with Crippen LogP contribution in [0.15, 0.2) is 29.4 Å². The first kappa shape index (κ1) is 14.1. The van der Waals surface area contributed by atoms with Crippen molar-refractivity contribution in [2.24, 2.45) is 22.9 Å². The Morgan fingerprint density at radius 1 is 1.33 bits per heavy atom. The molecule has 2 fully saturated rings. The largest absolute Gasteiger partial charge is 0.411 e. The van der Waals surface area contributed by atoms with Crippen LogP contribution in [0.25, 0.3) is 0 Å². The lowest BCUT2D eigenvalue weighted by atomic mass is 9.86. The van der Waals surface area contributed by atoms with Crippen LogP contribution < -0.4 is 5.32 Å². The summed E-state index contributed by atoms with van der Waals surface area (Å²) < 4.78 is 0. The quantitative estimate of drug-likeness (QED) is 0.504. The van der Waals surface area contributed by atoms with Crippen molar-refractivity contribution in [2.75, 3.05) is 5.32 Å². The molecule has 112 valence electrons. The van der Waals surface area contributed by atoms with Gasteiger partial charge in [-0.15, -0.1) is 0 Å². The Labute approximate surface area is 125 Å². The third kappa shape index (κ3) is 2.94. The summed E-state index contributed by atoms with van der Waals surface area (Å²) in [5.74, 6) is 2.26. The van der Waals surface area contributed by atoms with Crippen LogP contribution in [0.2, 0.25) is 0 Å². The van der Waals surface area contributed by atoms with Gasteiger partial charge in [-0.3, -0.25) is 4.79 Å². The van der Waals surface area contributed by atoms with Crippen LogP contribution in [0, 0.1) is 17.8 Å². The molecule has 2 bridgehead atoms. The van der Waals surface area contributed by atoms with E-state index in [1.807, 2.05) is 24.3 Å². The number of nitrogens with one attached hydrogen (secondary N) is 1. The highest BCUT2D eigenvalue weighted by Crippen LogP contribution is 2.49. The molecule has 0 heterocycles. The fraction of sp³-hybridized carbons (Fsp3) is 0.529. The average Bonchev–Trinajstić information content (AvgIpc) is 3.09. The number of oxime groups is 1. The van der Waals surface area contributed by atoms with Gasteiger partial charge in [0.15, 0.2) is 0 Å². The van der Waals surface area contributed by atoms with E-state index in [1.165, 1.54) is 25.7 Å². The Balaban J connectivity index is 1.65. The summed E-state index contributed by atoms with van der Waals surface area (Å²) in [4.78, 5) is 12.3. The van der Waals surface area contributed by atoms with E-state index < -0.39 is 0 Å². The van der Waals surface area contributed by atoms with Gasteiger partial charge in [0, 0.05) is 17.7 Å². The van der Waals surface area contributed by atoms with E-state index in [4.69, 9.17) is 5.21 Å². The van der Waals surface area contributed by atoms with Gasteiger partial charge in [-0.2, -0.15) is 0 Å². The Kier molecular flexibility index (Phi) is 3.95. The molecule has 3 rings (SSSR count). The maximum Gasteiger partial charge on any atom is 0.224 e. The molecule has 0 radical (unpaired) electrons. The minimum atomic E-state index is 0.0748. The van der Waals surface area contributed by atoms with Crippen molar-refractivity contribution in [2.45, 2.75) is 39.0 Å². The number of hydrogen-bond acceptors (Lipinski definition) is 3. The standard InChI is InChI=1S/C17H22N2O2/c1-11(19-21)15-4-2-3-5-16(15)18-17(20)10-14-9-12-6-7-13(14)8-12/h2-5,12-14,21H,6-10H2,1H3,(H,18,20)/b19-11+. The van der Waals surface area contributed by atoms with Gasteiger partial charge in [0.25, 0.3) is 0 Å². The smallest absolute Gasteiger partial charge is 0.224 e. The Morgan fingerprint density at radius 2 is 2.14 bits per heavy atom. The highest BCUT2D eigenvalue weighted by Gasteiger charge is 2.40. The van der Waals surface area contributed by atoms with Crippen LogP contribution >= 0.6 is 0 Å². The molecule has 1 aromatic rings. The van der Waals surface area contributed by atoms with Crippen LogP contribution in [0.4, 0.5) is 5.69 Å². The van der Waals surface area contributed by atoms with Gasteiger partial charge in [0.1, 0.15) is 0 Å². The summed E-state index contributed by atoms with van der Waals surface area (Å²) in [5.41, 5.74) is 1.99. The van der Waals surface area contributed by atoms with Crippen molar-refractivity contribution in [3.63, 3.8) is 0 Å². The monoisotopic (exact) mass is 286 g/mol. The lowest BCUT2D eigenvalue weighted by Crippen LogP contribution is -2.21. The maximum atomic E-state index is 12.3. The Bertz CT molecular complexity index is 568. The number of rotatable bonds is 4. The minimum absolute atomic E-state index is 0.0748. The number of anilines is 1. The summed E-state index contributed by atoms with van der Waals surface area (Å²) in [6, 6.07) is 7.45. The summed E-state index contributed by atoms with van der Waals surface area (Å²) in [5, 5.41) is 15.1. The first-order valence-electron chi connectivity index (χ1n) is 7.75. The van der Waals surface area contributed by atoms with E-state index >= 15 is 0 Å². The van der Waals surface area contributed by atoms with Crippen LogP contribution in [-0.2, 0) is 4.79 Å². The fourth-order valence-corrected chi connectivity index (χ4v) is 4.03. The number of carbonyl (C=O) groups is 1. The number of fused-ring (bicyclic) bond motifs is 2. The summed E-state index contributed by atoms with van der Waals surface area (Å²) in [7, 11) is 0. The third-order valence-electron chi connectivity index (χ3n) is 5.07. The molecule has 2 saturated carbocycles. The van der Waals surface area contributed by atoms with Crippen molar-refractivity contribution in [1.82, 2.24) is 0 Å². The van der Waals surface area contributed by atoms with Gasteiger partial charge < -0.3 is 10.5 Å². The second-order valence-corrected chi connectivity index (χ2v) is 6.42. The zero-order valence-corrected chi connectivity index (χ0v) is 12.4. The van der Waals surface area contributed by atoms with Gasteiger partial charge in [-0.25, -0.2) is 0 Å². The number of benzene rings is 1. The molecule has 2 aliphatic carbocycles. The van der Waals surface area contributed by atoms with Gasteiger partial charge in [0.2, 0.25) is 5.91 Å². The predicted octanol–water partition coefficient (Wildman–Crippen LogP) is 3.65. The molecule has 2 aliphatic rings. The van der Waals surface area contributed by atoms with Crippen molar-refractivity contribution >= 4 is 17.3 Å². The molecule has 4 heteroatoms. The van der Waals surface area contributed by atoms with E-state index in [-0.39, 0.29) is 5.91 Å². The summed E-state index contributed by atoms with van der Waals surface area (Å²) in [6.07, 6.45) is 5.82. The molecule has 0 saturated heterocycles. The van der Waals surface area contributed by atoms with Crippen molar-refractivity contribution in [1.29, 1.82) is 0 Å². The second-order valence-electron chi connectivity index (χ2n) is 6.42. The molecular formula is C17H22N2O2. The minimum Gasteiger partial charge on any atom is -0.411 e. The number of nitrogens with zero attached hydrogens (tertiary/aromatic N) is 1. The van der Waals surface area contributed by atoms with E-state index in [2.05, 4.69) is 10.5 Å². The van der Waals surface area contributed by atoms with Gasteiger partial charge in [-0.1, -0.05) is 29.8 Å². The second kappa shape index (κ2) is 5.88. The number of amides is 1. The molecule has 1 aromatic carbocycles. The zero-order chi connectivity index (χ0) is 14.8. The Morgan fingerprint density at radius 3 is 2.81 bits per heavy atom. The Hall–Kier alpha value is -1.84. The van der Waals surface area contributed by atoms with E-state index in [1.54, 1.807) is 6.92 Å². The molecule has 3 atom stereocenters. The first-order chi connectivity index (χ1) is 10.2. The summed E-state index contributed by atoms with van der Waals surface area (Å²) >= 11 is 0. The molecule has 4 nitrogen and oxygen atoms in total. The first-order valence-corrected chi connectivity index (χ1v) is 7.75. The average molecular weight is 286 g/mol. The molecule has 0 aromatic heterocycles. The maximum absolute atomic E-state index is 12.3. The molecule has 0 spiro atoms. The third-order valence-corrected chi connectivity index (χ3v) is 5.07. The molecule has 21 heavy (non-hydrogen) atoms. The summed E-state index contributed by atoms with van der Waals surface area (Å²) in [6.45, 7) is 1.72. The lowest BCUT2D eigenvalue weighted by molar-refractivity contribution is -0.117. The molecule has 3 unspecified atom stereocenters. The van der Waals surface area contributed by atoms with E-state index in [0.29, 0.717) is 18.1 Å². The number of para-hydroxylation sites is 1. The molecular weight excluding hydrogens is 264 g/mol.